The maximum absolute atomic E-state index is 12.8. The molecule has 2 rings (SSSR count). The summed E-state index contributed by atoms with van der Waals surface area (Å²) in [5, 5.41) is 12.1. The number of anilines is 1. The van der Waals surface area contributed by atoms with Crippen molar-refractivity contribution in [1.29, 1.82) is 0 Å². The summed E-state index contributed by atoms with van der Waals surface area (Å²) in [5.41, 5.74) is 0.612. The second-order valence-corrected chi connectivity index (χ2v) is 4.57. The van der Waals surface area contributed by atoms with E-state index in [1.54, 1.807) is 6.07 Å². The van der Waals surface area contributed by atoms with Crippen molar-refractivity contribution in [2.45, 2.75) is 25.0 Å². The summed E-state index contributed by atoms with van der Waals surface area (Å²) < 4.78 is 18.2. The van der Waals surface area contributed by atoms with Gasteiger partial charge in [0, 0.05) is 6.54 Å². The van der Waals surface area contributed by atoms with Gasteiger partial charge in [-0.15, -0.1) is 0 Å². The highest BCUT2D eigenvalue weighted by molar-refractivity contribution is 6.33. The van der Waals surface area contributed by atoms with Crippen LogP contribution >= 0.6 is 11.6 Å². The molecule has 2 atom stereocenters. The molecule has 2 unspecified atom stereocenters. The molecule has 4 nitrogen and oxygen atoms in total. The van der Waals surface area contributed by atoms with Gasteiger partial charge in [-0.2, -0.15) is 0 Å². The maximum Gasteiger partial charge on any atom is 0.332 e. The van der Waals surface area contributed by atoms with Crippen molar-refractivity contribution in [2.24, 2.45) is 0 Å². The fraction of sp³-hybridized carbons (Fsp3) is 0.417. The maximum atomic E-state index is 12.8. The van der Waals surface area contributed by atoms with Gasteiger partial charge >= 0.3 is 5.97 Å². The lowest BCUT2D eigenvalue weighted by atomic mass is 10.2. The molecule has 1 aliphatic rings. The molecule has 0 amide bonds. The van der Waals surface area contributed by atoms with Crippen molar-refractivity contribution < 1.29 is 19.0 Å². The van der Waals surface area contributed by atoms with Gasteiger partial charge in [0.05, 0.1) is 16.8 Å². The molecule has 2 N–H and O–H groups in total. The molecule has 1 aliphatic heterocycles. The Morgan fingerprint density at radius 1 is 1.56 bits per heavy atom. The molecule has 0 bridgehead atoms. The number of benzene rings is 1. The fourth-order valence-corrected chi connectivity index (χ4v) is 2.13. The zero-order valence-electron chi connectivity index (χ0n) is 9.53. The Balaban J connectivity index is 1.87. The number of hydrogen-bond donors (Lipinski definition) is 2. The molecule has 0 radical (unpaired) electrons. The molecular formula is C12H13ClFNO3. The van der Waals surface area contributed by atoms with Crippen LogP contribution in [-0.4, -0.2) is 29.8 Å². The van der Waals surface area contributed by atoms with Crippen LogP contribution < -0.4 is 5.32 Å². The van der Waals surface area contributed by atoms with E-state index in [2.05, 4.69) is 5.32 Å². The lowest BCUT2D eigenvalue weighted by molar-refractivity contribution is -0.149. The van der Waals surface area contributed by atoms with E-state index in [1.165, 1.54) is 12.1 Å². The molecule has 6 heteroatoms. The lowest BCUT2D eigenvalue weighted by Gasteiger charge is -2.14. The largest absolute Gasteiger partial charge is 0.479 e. The standard InChI is InChI=1S/C12H13ClFNO3/c13-9-5-7(14)1-3-10(9)15-6-8-2-4-11(18-8)12(16)17/h1,3,5,8,11,15H,2,4,6H2,(H,16,17). The predicted molar refractivity (Wildman–Crippen MR) is 65.4 cm³/mol. The first-order chi connectivity index (χ1) is 8.56. The summed E-state index contributed by atoms with van der Waals surface area (Å²) >= 11 is 5.86. The van der Waals surface area contributed by atoms with Crippen LogP contribution in [0, 0.1) is 5.82 Å². The lowest BCUT2D eigenvalue weighted by Crippen LogP contribution is -2.24. The SMILES string of the molecule is O=C(O)C1CCC(CNc2ccc(F)cc2Cl)O1. The summed E-state index contributed by atoms with van der Waals surface area (Å²) in [7, 11) is 0. The highest BCUT2D eigenvalue weighted by Crippen LogP contribution is 2.24. The predicted octanol–water partition coefficient (Wildman–Crippen LogP) is 2.52. The van der Waals surface area contributed by atoms with E-state index < -0.39 is 17.9 Å². The summed E-state index contributed by atoms with van der Waals surface area (Å²) in [6.07, 6.45) is 0.314. The highest BCUT2D eigenvalue weighted by Gasteiger charge is 2.30. The van der Waals surface area contributed by atoms with Crippen molar-refractivity contribution >= 4 is 23.3 Å². The first-order valence-corrected chi connectivity index (χ1v) is 6.01. The van der Waals surface area contributed by atoms with Crippen molar-refractivity contribution in [2.75, 3.05) is 11.9 Å². The Morgan fingerprint density at radius 2 is 2.33 bits per heavy atom. The molecule has 0 aliphatic carbocycles. The number of ether oxygens (including phenoxy) is 1. The molecule has 0 aromatic heterocycles. The molecule has 1 aromatic rings. The average Bonchev–Trinajstić information content (AvgIpc) is 2.76. The Morgan fingerprint density at radius 3 is 2.94 bits per heavy atom. The van der Waals surface area contributed by atoms with Crippen LogP contribution in [0.2, 0.25) is 5.02 Å². The molecule has 1 saturated heterocycles. The van der Waals surface area contributed by atoms with Crippen LogP contribution in [0.15, 0.2) is 18.2 Å². The minimum Gasteiger partial charge on any atom is -0.479 e. The zero-order chi connectivity index (χ0) is 13.1. The van der Waals surface area contributed by atoms with E-state index in [-0.39, 0.29) is 6.10 Å². The second-order valence-electron chi connectivity index (χ2n) is 4.17. The van der Waals surface area contributed by atoms with Crippen LogP contribution in [0.3, 0.4) is 0 Å². The molecule has 1 heterocycles. The third-order valence-electron chi connectivity index (χ3n) is 2.83. The zero-order valence-corrected chi connectivity index (χ0v) is 10.3. The fourth-order valence-electron chi connectivity index (χ4n) is 1.89. The number of carbonyl (C=O) groups is 1. The van der Waals surface area contributed by atoms with Gasteiger partial charge in [0.25, 0.3) is 0 Å². The number of hydrogen-bond acceptors (Lipinski definition) is 3. The van der Waals surface area contributed by atoms with Gasteiger partial charge in [-0.05, 0) is 31.0 Å². The average molecular weight is 274 g/mol. The van der Waals surface area contributed by atoms with Gasteiger partial charge in [-0.1, -0.05) is 11.6 Å². The Bertz CT molecular complexity index is 455. The topological polar surface area (TPSA) is 58.6 Å². The van der Waals surface area contributed by atoms with Gasteiger partial charge in [-0.3, -0.25) is 0 Å². The Hall–Kier alpha value is -1.33. The number of carboxylic acid groups (broad SMARTS) is 1. The van der Waals surface area contributed by atoms with Crippen LogP contribution in [0.25, 0.3) is 0 Å². The minimum absolute atomic E-state index is 0.160. The quantitative estimate of drug-likeness (QED) is 0.885. The smallest absolute Gasteiger partial charge is 0.332 e. The monoisotopic (exact) mass is 273 g/mol. The summed E-state index contributed by atoms with van der Waals surface area (Å²) in [4.78, 5) is 10.7. The molecule has 1 fully saturated rings. The van der Waals surface area contributed by atoms with E-state index >= 15 is 0 Å². The molecule has 0 spiro atoms. The van der Waals surface area contributed by atoms with E-state index in [0.717, 1.165) is 0 Å². The third kappa shape index (κ3) is 3.11. The van der Waals surface area contributed by atoms with Crippen molar-refractivity contribution in [1.82, 2.24) is 0 Å². The third-order valence-corrected chi connectivity index (χ3v) is 3.15. The van der Waals surface area contributed by atoms with Gasteiger partial charge < -0.3 is 15.2 Å². The molecular weight excluding hydrogens is 261 g/mol. The molecule has 1 aromatic carbocycles. The summed E-state index contributed by atoms with van der Waals surface area (Å²) in [6, 6.07) is 4.07. The highest BCUT2D eigenvalue weighted by atomic mass is 35.5. The second kappa shape index (κ2) is 5.54. The molecule has 0 saturated carbocycles. The van der Waals surface area contributed by atoms with Crippen LogP contribution in [0.1, 0.15) is 12.8 Å². The Labute approximate surface area is 109 Å². The Kier molecular flexibility index (Phi) is 4.04. The normalized spacial score (nSPS) is 23.0. The van der Waals surface area contributed by atoms with E-state index in [1.807, 2.05) is 0 Å². The van der Waals surface area contributed by atoms with Gasteiger partial charge in [0.1, 0.15) is 5.82 Å². The number of halogens is 2. The minimum atomic E-state index is -0.933. The first-order valence-electron chi connectivity index (χ1n) is 5.63. The van der Waals surface area contributed by atoms with Gasteiger partial charge in [0.15, 0.2) is 6.10 Å². The van der Waals surface area contributed by atoms with E-state index in [9.17, 15) is 9.18 Å². The summed E-state index contributed by atoms with van der Waals surface area (Å²) in [5.74, 6) is -1.33. The van der Waals surface area contributed by atoms with E-state index in [0.29, 0.717) is 30.1 Å². The van der Waals surface area contributed by atoms with Crippen LogP contribution in [-0.2, 0) is 9.53 Å². The number of aliphatic carboxylic acids is 1. The van der Waals surface area contributed by atoms with Crippen molar-refractivity contribution in [3.8, 4) is 0 Å². The van der Waals surface area contributed by atoms with Crippen molar-refractivity contribution in [3.63, 3.8) is 0 Å². The van der Waals surface area contributed by atoms with Crippen molar-refractivity contribution in [3.05, 3.63) is 29.0 Å². The molecule has 18 heavy (non-hydrogen) atoms. The molecule has 98 valence electrons. The summed E-state index contributed by atoms with van der Waals surface area (Å²) in [6.45, 7) is 0.454. The van der Waals surface area contributed by atoms with Gasteiger partial charge in [-0.25, -0.2) is 9.18 Å². The number of nitrogens with one attached hydrogen (secondary N) is 1. The van der Waals surface area contributed by atoms with Crippen LogP contribution in [0.5, 0.6) is 0 Å². The number of carboxylic acids is 1. The first kappa shape index (κ1) is 13.1. The van der Waals surface area contributed by atoms with E-state index in [4.69, 9.17) is 21.4 Å². The number of rotatable bonds is 4. The van der Waals surface area contributed by atoms with Crippen LogP contribution in [0.4, 0.5) is 10.1 Å². The van der Waals surface area contributed by atoms with Gasteiger partial charge in [0.2, 0.25) is 0 Å².